The van der Waals surface area contributed by atoms with Crippen LogP contribution in [0.3, 0.4) is 0 Å². The first-order valence-corrected chi connectivity index (χ1v) is 14.5. The van der Waals surface area contributed by atoms with Crippen LogP contribution in [0.25, 0.3) is 0 Å². The molecule has 6 aromatic rings. The molecule has 1 amide bonds. The molecule has 220 valence electrons. The van der Waals surface area contributed by atoms with E-state index in [0.29, 0.717) is 27.0 Å². The van der Waals surface area contributed by atoms with Crippen LogP contribution >= 0.6 is 27.8 Å². The summed E-state index contributed by atoms with van der Waals surface area (Å²) in [5, 5.41) is 2.76. The van der Waals surface area contributed by atoms with E-state index < -0.39 is 5.54 Å². The van der Waals surface area contributed by atoms with E-state index in [1.165, 1.54) is 18.2 Å². The molecule has 0 fully saturated rings. The number of nitrogens with one attached hydrogen (secondary N) is 1. The minimum atomic E-state index is -1.00. The second kappa shape index (κ2) is 14.1. The molecule has 0 radical (unpaired) electrons. The molecule has 0 spiro atoms. The number of halogens is 4. The molecule has 5 aromatic carbocycles. The number of rotatable bonds is 7. The van der Waals surface area contributed by atoms with Gasteiger partial charge in [0.1, 0.15) is 29.0 Å². The van der Waals surface area contributed by atoms with E-state index in [4.69, 9.17) is 16.2 Å². The Hall–Kier alpha value is -4.79. The normalized spacial score (nSPS) is 11.9. The summed E-state index contributed by atoms with van der Waals surface area (Å²) in [6, 6.07) is 36.7. The van der Waals surface area contributed by atoms with Crippen LogP contribution in [0.2, 0.25) is 0 Å². The van der Waals surface area contributed by atoms with Crippen LogP contribution in [-0.2, 0) is 5.54 Å². The van der Waals surface area contributed by atoms with Crippen LogP contribution in [0.4, 0.5) is 14.5 Å². The van der Waals surface area contributed by atoms with Crippen molar-refractivity contribution >= 4 is 39.4 Å². The maximum absolute atomic E-state index is 15.0. The second-order valence-corrected chi connectivity index (χ2v) is 10.6. The summed E-state index contributed by atoms with van der Waals surface area (Å²) in [5.41, 5.74) is 2.14. The minimum absolute atomic E-state index is 0.279. The van der Waals surface area contributed by atoms with Gasteiger partial charge in [-0.25, -0.2) is 13.8 Å². The molecule has 0 saturated carbocycles. The van der Waals surface area contributed by atoms with E-state index in [1.54, 1.807) is 79.4 Å². The van der Waals surface area contributed by atoms with Gasteiger partial charge in [0, 0.05) is 23.6 Å². The molecular formula is C35H25BrClF2N3O2. The molecule has 0 saturated heterocycles. The largest absolute Gasteiger partial charge is 0.384 e. The smallest absolute Gasteiger partial charge is 0.259 e. The van der Waals surface area contributed by atoms with Crippen molar-refractivity contribution in [3.63, 3.8) is 0 Å². The van der Waals surface area contributed by atoms with Crippen molar-refractivity contribution in [1.82, 2.24) is 9.55 Å². The first kappa shape index (κ1) is 30.7. The monoisotopic (exact) mass is 671 g/mol. The number of nitrogens with zero attached hydrogens (tertiary/aromatic N) is 2. The lowest BCUT2D eigenvalue weighted by molar-refractivity contribution is 0.102. The molecule has 0 aliphatic carbocycles. The maximum Gasteiger partial charge on any atom is 0.259 e. The average molecular weight is 673 g/mol. The number of hydrogen-bond donors (Lipinski definition) is 1. The van der Waals surface area contributed by atoms with E-state index in [-0.39, 0.29) is 17.5 Å². The van der Waals surface area contributed by atoms with Crippen molar-refractivity contribution < 1.29 is 17.9 Å². The number of para-hydroxylation sites is 2. The number of carbonyl (C=O) groups is 1. The lowest BCUT2D eigenvalue weighted by Crippen LogP contribution is -2.37. The molecule has 6 rings (SSSR count). The van der Waals surface area contributed by atoms with Crippen LogP contribution in [0.5, 0.6) is 5.75 Å². The average Bonchev–Trinajstić information content (AvgIpc) is 3.60. The topological polar surface area (TPSA) is 56.2 Å². The molecule has 0 aliphatic heterocycles. The van der Waals surface area contributed by atoms with E-state index in [9.17, 15) is 9.18 Å². The highest BCUT2D eigenvalue weighted by Gasteiger charge is 2.40. The molecule has 1 heterocycles. The zero-order valence-corrected chi connectivity index (χ0v) is 25.4. The zero-order chi connectivity index (χ0) is 30.9. The maximum atomic E-state index is 15.0. The molecule has 9 heteroatoms. The molecule has 1 atom stereocenters. The van der Waals surface area contributed by atoms with Gasteiger partial charge < -0.3 is 14.2 Å². The number of hydrogen-bond acceptors (Lipinski definition) is 3. The van der Waals surface area contributed by atoms with Gasteiger partial charge in [-0.15, -0.1) is 0 Å². The fourth-order valence-electron chi connectivity index (χ4n) is 4.98. The predicted octanol–water partition coefficient (Wildman–Crippen LogP) is 9.24. The highest BCUT2D eigenvalue weighted by Crippen LogP contribution is 2.41. The number of anilines is 1. The van der Waals surface area contributed by atoms with Crippen molar-refractivity contribution in [1.29, 1.82) is 0 Å². The van der Waals surface area contributed by atoms with Crippen molar-refractivity contribution in [2.24, 2.45) is 0 Å². The highest BCUT2D eigenvalue weighted by atomic mass is 79.9. The van der Waals surface area contributed by atoms with Crippen molar-refractivity contribution in [3.8, 4) is 5.75 Å². The fourth-order valence-corrected chi connectivity index (χ4v) is 5.69. The molecule has 44 heavy (non-hydrogen) atoms. The lowest BCUT2D eigenvalue weighted by Gasteiger charge is -2.37. The van der Waals surface area contributed by atoms with Crippen LogP contribution in [-0.4, -0.2) is 15.5 Å². The van der Waals surface area contributed by atoms with Crippen LogP contribution < -0.4 is 9.61 Å². The van der Waals surface area contributed by atoms with Gasteiger partial charge in [-0.1, -0.05) is 84.9 Å². The highest BCUT2D eigenvalue weighted by molar-refractivity contribution is 9.10. The lowest BCUT2D eigenvalue weighted by atomic mass is 9.76. The number of imidazole rings is 1. The molecule has 1 unspecified atom stereocenters. The second-order valence-electron chi connectivity index (χ2n) is 9.55. The number of amides is 1. The van der Waals surface area contributed by atoms with E-state index in [1.807, 2.05) is 53.1 Å². The third-order valence-corrected chi connectivity index (χ3v) is 7.71. The Labute approximate surface area is 267 Å². The van der Waals surface area contributed by atoms with Gasteiger partial charge in [-0.05, 0) is 69.5 Å². The van der Waals surface area contributed by atoms with E-state index >= 15 is 4.39 Å². The standard InChI is InChI=1S/C22H16F2N2.C13H9BrClNO2/c23-19-12-10-18(11-13-19)22(26-15-14-25-16-26,17-6-2-1-3-7-17)20-8-4-5-9-21(20)24;14-11-8-4-7-10(12(11)18-15)13(17)16-9-5-2-1-3-6-9/h1-16H;1-8H,(H,16,17). The summed E-state index contributed by atoms with van der Waals surface area (Å²) in [7, 11) is 0. The molecule has 0 aliphatic rings. The van der Waals surface area contributed by atoms with Gasteiger partial charge in [0.15, 0.2) is 5.75 Å². The quantitative estimate of drug-likeness (QED) is 0.172. The Kier molecular flexibility index (Phi) is 9.84. The number of carbonyl (C=O) groups excluding carboxylic acids is 1. The van der Waals surface area contributed by atoms with Crippen molar-refractivity contribution in [2.45, 2.75) is 5.54 Å². The molecule has 1 aromatic heterocycles. The van der Waals surface area contributed by atoms with Crippen LogP contribution in [0.1, 0.15) is 27.0 Å². The van der Waals surface area contributed by atoms with Crippen LogP contribution in [0, 0.1) is 11.6 Å². The SMILES string of the molecule is Fc1ccc(C(c2ccccc2)(c2ccccc2F)n2ccnc2)cc1.O=C(Nc1ccccc1)c1cccc(Br)c1OCl. The summed E-state index contributed by atoms with van der Waals surface area (Å²) in [6.07, 6.45) is 5.10. The molecular weight excluding hydrogens is 648 g/mol. The Morgan fingerprint density at radius 3 is 2.07 bits per heavy atom. The van der Waals surface area contributed by atoms with Gasteiger partial charge in [-0.3, -0.25) is 4.79 Å². The van der Waals surface area contributed by atoms with Crippen molar-refractivity contribution in [3.05, 3.63) is 184 Å². The number of benzene rings is 5. The van der Waals surface area contributed by atoms with Gasteiger partial charge in [0.2, 0.25) is 0 Å². The zero-order valence-electron chi connectivity index (χ0n) is 23.1. The molecule has 5 nitrogen and oxygen atoms in total. The van der Waals surface area contributed by atoms with Gasteiger partial charge in [-0.2, -0.15) is 0 Å². The summed E-state index contributed by atoms with van der Waals surface area (Å²) >= 11 is 8.65. The Bertz CT molecular complexity index is 1820. The predicted molar refractivity (Wildman–Crippen MR) is 172 cm³/mol. The summed E-state index contributed by atoms with van der Waals surface area (Å²) in [4.78, 5) is 16.3. The third-order valence-electron chi connectivity index (χ3n) is 6.93. The molecule has 1 N–H and O–H groups in total. The first-order chi connectivity index (χ1) is 21.4. The van der Waals surface area contributed by atoms with E-state index in [2.05, 4.69) is 26.2 Å². The first-order valence-electron chi connectivity index (χ1n) is 13.4. The Balaban J connectivity index is 0.000000187. The van der Waals surface area contributed by atoms with Gasteiger partial charge in [0.25, 0.3) is 5.91 Å². The minimum Gasteiger partial charge on any atom is -0.384 e. The Morgan fingerprint density at radius 2 is 1.43 bits per heavy atom. The molecule has 0 bridgehead atoms. The van der Waals surface area contributed by atoms with Crippen LogP contribution in [0.15, 0.2) is 151 Å². The summed E-state index contributed by atoms with van der Waals surface area (Å²) in [6.45, 7) is 0. The van der Waals surface area contributed by atoms with E-state index in [0.717, 1.165) is 11.1 Å². The van der Waals surface area contributed by atoms with Gasteiger partial charge in [0.05, 0.1) is 16.4 Å². The van der Waals surface area contributed by atoms with Crippen molar-refractivity contribution in [2.75, 3.05) is 5.32 Å². The Morgan fingerprint density at radius 1 is 0.795 bits per heavy atom. The van der Waals surface area contributed by atoms with Gasteiger partial charge >= 0.3 is 0 Å². The summed E-state index contributed by atoms with van der Waals surface area (Å²) in [5.74, 6) is -0.657. The summed E-state index contributed by atoms with van der Waals surface area (Å²) < 4.78 is 35.8. The fraction of sp³-hybridized carbons (Fsp3) is 0.0286. The number of aromatic nitrogens is 2. The third kappa shape index (κ3) is 6.41.